The van der Waals surface area contributed by atoms with Crippen molar-refractivity contribution in [2.75, 3.05) is 20.1 Å². The smallest absolute Gasteiger partial charge is 0.0345 e. The number of rotatable bonds is 2. The van der Waals surface area contributed by atoms with E-state index in [9.17, 15) is 0 Å². The van der Waals surface area contributed by atoms with Crippen molar-refractivity contribution < 1.29 is 0 Å². The number of nitrogens with one attached hydrogen (secondary N) is 1. The van der Waals surface area contributed by atoms with E-state index in [4.69, 9.17) is 0 Å². The first-order valence-electron chi connectivity index (χ1n) is 9.08. The van der Waals surface area contributed by atoms with Crippen LogP contribution < -0.4 is 5.32 Å². The molecule has 25 heavy (non-hydrogen) atoms. The summed E-state index contributed by atoms with van der Waals surface area (Å²) in [4.78, 5) is 2.43. The van der Waals surface area contributed by atoms with Crippen LogP contribution >= 0.6 is 31.9 Å². The number of likely N-dealkylation sites (tertiary alicyclic amines) is 1. The zero-order valence-corrected chi connectivity index (χ0v) is 17.9. The molecule has 4 heteroatoms. The molecule has 0 aromatic heterocycles. The molecule has 2 nitrogen and oxygen atoms in total. The molecule has 2 atom stereocenters. The molecule has 0 aliphatic carbocycles. The van der Waals surface area contributed by atoms with Gasteiger partial charge in [-0.15, -0.1) is 0 Å². The van der Waals surface area contributed by atoms with Gasteiger partial charge < -0.3 is 5.32 Å². The maximum atomic E-state index is 3.48. The van der Waals surface area contributed by atoms with Gasteiger partial charge in [0.05, 0.1) is 0 Å². The summed E-state index contributed by atoms with van der Waals surface area (Å²) in [5.74, 6) is 0. The van der Waals surface area contributed by atoms with Gasteiger partial charge in [-0.3, -0.25) is 4.90 Å². The lowest BCUT2D eigenvalue weighted by Crippen LogP contribution is -2.17. The second-order valence-corrected chi connectivity index (χ2v) is 8.72. The fraction of sp³-hybridized carbons (Fsp3) is 0.429. The van der Waals surface area contributed by atoms with Gasteiger partial charge in [0.25, 0.3) is 0 Å². The van der Waals surface area contributed by atoms with Crippen LogP contribution in [-0.2, 0) is 0 Å². The average molecular weight is 466 g/mol. The Morgan fingerprint density at radius 3 is 1.92 bits per heavy atom. The summed E-state index contributed by atoms with van der Waals surface area (Å²) in [7, 11) is 2.21. The lowest BCUT2D eigenvalue weighted by molar-refractivity contribution is 0.317. The highest BCUT2D eigenvalue weighted by Gasteiger charge is 2.21. The Balaban J connectivity index is 0.000000146. The minimum Gasteiger partial charge on any atom is -0.310 e. The van der Waals surface area contributed by atoms with E-state index in [2.05, 4.69) is 97.7 Å². The van der Waals surface area contributed by atoms with Gasteiger partial charge in [0, 0.05) is 21.0 Å². The van der Waals surface area contributed by atoms with Crippen molar-refractivity contribution in [3.63, 3.8) is 0 Å². The Morgan fingerprint density at radius 1 is 0.840 bits per heavy atom. The van der Waals surface area contributed by atoms with Gasteiger partial charge in [-0.05, 0) is 81.2 Å². The molecular weight excluding hydrogens is 440 g/mol. The Kier molecular flexibility index (Phi) is 7.11. The van der Waals surface area contributed by atoms with E-state index in [-0.39, 0.29) is 0 Å². The van der Waals surface area contributed by atoms with Crippen LogP contribution in [-0.4, -0.2) is 25.0 Å². The van der Waals surface area contributed by atoms with Gasteiger partial charge in [0.1, 0.15) is 0 Å². The normalized spacial score (nSPS) is 23.3. The lowest BCUT2D eigenvalue weighted by Gasteiger charge is -2.19. The zero-order chi connectivity index (χ0) is 17.6. The molecule has 2 fully saturated rings. The fourth-order valence-corrected chi connectivity index (χ4v) is 4.21. The van der Waals surface area contributed by atoms with Crippen molar-refractivity contribution in [1.29, 1.82) is 0 Å². The predicted octanol–water partition coefficient (Wildman–Crippen LogP) is 6.09. The highest BCUT2D eigenvalue weighted by Crippen LogP contribution is 2.30. The van der Waals surface area contributed by atoms with Gasteiger partial charge >= 0.3 is 0 Å². The summed E-state index contributed by atoms with van der Waals surface area (Å²) in [6, 6.07) is 18.5. The quantitative estimate of drug-likeness (QED) is 0.577. The molecule has 2 aromatic rings. The Bertz CT molecular complexity index is 649. The summed E-state index contributed by atoms with van der Waals surface area (Å²) < 4.78 is 2.32. The molecule has 2 aliphatic rings. The van der Waals surface area contributed by atoms with Gasteiger partial charge in [-0.2, -0.15) is 0 Å². The molecule has 2 unspecified atom stereocenters. The van der Waals surface area contributed by atoms with E-state index in [1.54, 1.807) is 0 Å². The Labute approximate surface area is 168 Å². The van der Waals surface area contributed by atoms with Crippen LogP contribution in [0.15, 0.2) is 57.5 Å². The van der Waals surface area contributed by atoms with Crippen molar-refractivity contribution in [2.24, 2.45) is 0 Å². The number of hydrogen-bond donors (Lipinski definition) is 1. The second-order valence-electron chi connectivity index (χ2n) is 6.89. The van der Waals surface area contributed by atoms with E-state index < -0.39 is 0 Å². The topological polar surface area (TPSA) is 15.3 Å². The third-order valence-electron chi connectivity index (χ3n) is 5.11. The number of benzene rings is 2. The predicted molar refractivity (Wildman–Crippen MR) is 113 cm³/mol. The lowest BCUT2D eigenvalue weighted by atomic mass is 10.1. The van der Waals surface area contributed by atoms with Crippen LogP contribution in [0.25, 0.3) is 0 Å². The third kappa shape index (κ3) is 5.40. The minimum atomic E-state index is 0.595. The van der Waals surface area contributed by atoms with E-state index >= 15 is 0 Å². The number of hydrogen-bond acceptors (Lipinski definition) is 2. The van der Waals surface area contributed by atoms with Gasteiger partial charge in [0.15, 0.2) is 0 Å². The second kappa shape index (κ2) is 9.31. The van der Waals surface area contributed by atoms with Crippen molar-refractivity contribution in [2.45, 2.75) is 37.8 Å². The SMILES string of the molecule is Brc1ccc(C2CCCN2)cc1.CN1CCCC1c1ccc(Br)cc1. The molecule has 2 aromatic carbocycles. The maximum Gasteiger partial charge on any atom is 0.0345 e. The van der Waals surface area contributed by atoms with Crippen LogP contribution in [0.1, 0.15) is 48.9 Å². The van der Waals surface area contributed by atoms with Crippen molar-refractivity contribution >= 4 is 31.9 Å². The number of halogens is 2. The van der Waals surface area contributed by atoms with Crippen molar-refractivity contribution in [3.8, 4) is 0 Å². The summed E-state index contributed by atoms with van der Waals surface area (Å²) in [5.41, 5.74) is 2.86. The maximum absolute atomic E-state index is 3.48. The molecule has 0 spiro atoms. The Hall–Kier alpha value is -0.680. The van der Waals surface area contributed by atoms with Gasteiger partial charge in [0.2, 0.25) is 0 Å². The highest BCUT2D eigenvalue weighted by molar-refractivity contribution is 9.10. The third-order valence-corrected chi connectivity index (χ3v) is 6.17. The molecule has 2 aliphatic heterocycles. The summed E-state index contributed by atoms with van der Waals surface area (Å²) in [6.45, 7) is 2.40. The van der Waals surface area contributed by atoms with E-state index in [0.717, 1.165) is 8.95 Å². The fourth-order valence-electron chi connectivity index (χ4n) is 3.68. The molecule has 0 amide bonds. The average Bonchev–Trinajstić information content (AvgIpc) is 3.29. The van der Waals surface area contributed by atoms with Crippen LogP contribution in [0.4, 0.5) is 0 Å². The molecule has 1 N–H and O–H groups in total. The molecule has 4 rings (SSSR count). The molecule has 2 heterocycles. The largest absolute Gasteiger partial charge is 0.310 e. The minimum absolute atomic E-state index is 0.595. The first kappa shape index (κ1) is 19.1. The van der Waals surface area contributed by atoms with Crippen molar-refractivity contribution in [3.05, 3.63) is 68.6 Å². The first-order chi connectivity index (χ1) is 12.1. The van der Waals surface area contributed by atoms with Crippen LogP contribution in [0.5, 0.6) is 0 Å². The standard InChI is InChI=1S/C11H14BrN.C10H12BrN/c1-13-8-2-3-11(13)9-4-6-10(12)7-5-9;11-9-5-3-8(4-6-9)10-2-1-7-12-10/h4-7,11H,2-3,8H2,1H3;3-6,10,12H,1-2,7H2. The summed E-state index contributed by atoms with van der Waals surface area (Å²) >= 11 is 6.89. The highest BCUT2D eigenvalue weighted by atomic mass is 79.9. The molecule has 0 saturated carbocycles. The van der Waals surface area contributed by atoms with E-state index in [0.29, 0.717) is 12.1 Å². The van der Waals surface area contributed by atoms with E-state index in [1.165, 1.54) is 49.9 Å². The molecular formula is C21H26Br2N2. The molecule has 0 radical (unpaired) electrons. The van der Waals surface area contributed by atoms with E-state index in [1.807, 2.05) is 0 Å². The van der Waals surface area contributed by atoms with Gasteiger partial charge in [-0.25, -0.2) is 0 Å². The summed E-state index contributed by atoms with van der Waals surface area (Å²) in [5, 5.41) is 3.48. The molecule has 0 bridgehead atoms. The molecule has 2 saturated heterocycles. The van der Waals surface area contributed by atoms with Gasteiger partial charge in [-0.1, -0.05) is 56.1 Å². The van der Waals surface area contributed by atoms with Crippen LogP contribution in [0, 0.1) is 0 Å². The zero-order valence-electron chi connectivity index (χ0n) is 14.7. The Morgan fingerprint density at radius 2 is 1.44 bits per heavy atom. The number of nitrogens with zero attached hydrogens (tertiary/aromatic N) is 1. The molecule has 134 valence electrons. The van der Waals surface area contributed by atoms with Crippen molar-refractivity contribution in [1.82, 2.24) is 10.2 Å². The van der Waals surface area contributed by atoms with Crippen LogP contribution in [0.2, 0.25) is 0 Å². The monoisotopic (exact) mass is 464 g/mol. The first-order valence-corrected chi connectivity index (χ1v) is 10.7. The summed E-state index contributed by atoms with van der Waals surface area (Å²) in [6.07, 6.45) is 5.22. The van der Waals surface area contributed by atoms with Crippen LogP contribution in [0.3, 0.4) is 0 Å².